The Balaban J connectivity index is 2.13. The van der Waals surface area contributed by atoms with Crippen LogP contribution in [0.25, 0.3) is 22.2 Å². The standard InChI is InChI=1S/C16H12N2/c1-11-2-5-13(6-3-11)16-9-14-8-12(10-17)4-7-15(14)18-16/h2-9,18H,1H3. The van der Waals surface area contributed by atoms with Crippen LogP contribution in [0.4, 0.5) is 0 Å². The fourth-order valence-electron chi connectivity index (χ4n) is 2.09. The van der Waals surface area contributed by atoms with E-state index in [0.29, 0.717) is 5.56 Å². The Morgan fingerprint density at radius 3 is 2.50 bits per heavy atom. The number of hydrogen-bond acceptors (Lipinski definition) is 1. The summed E-state index contributed by atoms with van der Waals surface area (Å²) in [6.45, 7) is 2.08. The predicted molar refractivity (Wildman–Crippen MR) is 73.2 cm³/mol. The minimum absolute atomic E-state index is 0.692. The van der Waals surface area contributed by atoms with E-state index in [-0.39, 0.29) is 0 Å². The molecule has 0 spiro atoms. The molecule has 0 saturated carbocycles. The van der Waals surface area contributed by atoms with Crippen LogP contribution in [0.1, 0.15) is 11.1 Å². The van der Waals surface area contributed by atoms with E-state index in [1.54, 1.807) is 0 Å². The molecule has 0 fully saturated rings. The fraction of sp³-hybridized carbons (Fsp3) is 0.0625. The van der Waals surface area contributed by atoms with Crippen LogP contribution in [0, 0.1) is 18.3 Å². The van der Waals surface area contributed by atoms with Crippen molar-refractivity contribution >= 4 is 10.9 Å². The Morgan fingerprint density at radius 1 is 1.00 bits per heavy atom. The van der Waals surface area contributed by atoms with Gasteiger partial charge in [0, 0.05) is 16.6 Å². The normalized spacial score (nSPS) is 10.4. The number of fused-ring (bicyclic) bond motifs is 1. The molecule has 1 N–H and O–H groups in total. The van der Waals surface area contributed by atoms with Crippen LogP contribution < -0.4 is 0 Å². The summed E-state index contributed by atoms with van der Waals surface area (Å²) in [5, 5.41) is 9.96. The molecule has 0 bridgehead atoms. The van der Waals surface area contributed by atoms with Crippen LogP contribution >= 0.6 is 0 Å². The summed E-state index contributed by atoms with van der Waals surface area (Å²) in [7, 11) is 0. The van der Waals surface area contributed by atoms with Gasteiger partial charge in [-0.15, -0.1) is 0 Å². The van der Waals surface area contributed by atoms with E-state index in [0.717, 1.165) is 22.2 Å². The second kappa shape index (κ2) is 4.05. The average Bonchev–Trinajstić information content (AvgIpc) is 2.82. The highest BCUT2D eigenvalue weighted by Crippen LogP contribution is 2.25. The number of hydrogen-bond donors (Lipinski definition) is 1. The van der Waals surface area contributed by atoms with Gasteiger partial charge in [-0.2, -0.15) is 5.26 Å². The summed E-state index contributed by atoms with van der Waals surface area (Å²) in [4.78, 5) is 3.37. The summed E-state index contributed by atoms with van der Waals surface area (Å²) in [6.07, 6.45) is 0. The Bertz CT molecular complexity index is 743. The summed E-state index contributed by atoms with van der Waals surface area (Å²) in [5.41, 5.74) is 5.25. The highest BCUT2D eigenvalue weighted by atomic mass is 14.7. The van der Waals surface area contributed by atoms with Gasteiger partial charge in [0.1, 0.15) is 0 Å². The van der Waals surface area contributed by atoms with E-state index in [1.807, 2.05) is 18.2 Å². The number of rotatable bonds is 1. The van der Waals surface area contributed by atoms with Crippen molar-refractivity contribution in [2.45, 2.75) is 6.92 Å². The van der Waals surface area contributed by atoms with Gasteiger partial charge in [0.2, 0.25) is 0 Å². The predicted octanol–water partition coefficient (Wildman–Crippen LogP) is 4.02. The molecule has 0 amide bonds. The molecule has 0 unspecified atom stereocenters. The van der Waals surface area contributed by atoms with Gasteiger partial charge in [0.15, 0.2) is 0 Å². The smallest absolute Gasteiger partial charge is 0.0991 e. The van der Waals surface area contributed by atoms with Gasteiger partial charge in [0.05, 0.1) is 11.6 Å². The summed E-state index contributed by atoms with van der Waals surface area (Å²) >= 11 is 0. The van der Waals surface area contributed by atoms with Crippen LogP contribution in [0.2, 0.25) is 0 Å². The molecule has 2 nitrogen and oxygen atoms in total. The lowest BCUT2D eigenvalue weighted by molar-refractivity contribution is 1.42. The van der Waals surface area contributed by atoms with Gasteiger partial charge in [-0.3, -0.25) is 0 Å². The van der Waals surface area contributed by atoms with Crippen LogP contribution in [0.3, 0.4) is 0 Å². The lowest BCUT2D eigenvalue weighted by atomic mass is 10.1. The van der Waals surface area contributed by atoms with Crippen molar-refractivity contribution in [1.82, 2.24) is 4.98 Å². The summed E-state index contributed by atoms with van der Waals surface area (Å²) in [5.74, 6) is 0. The largest absolute Gasteiger partial charge is 0.355 e. The highest BCUT2D eigenvalue weighted by molar-refractivity contribution is 5.86. The number of nitrogens with one attached hydrogen (secondary N) is 1. The molecule has 18 heavy (non-hydrogen) atoms. The summed E-state index contributed by atoms with van der Waals surface area (Å²) < 4.78 is 0. The van der Waals surface area contributed by atoms with Crippen molar-refractivity contribution in [2.75, 3.05) is 0 Å². The van der Waals surface area contributed by atoms with Crippen molar-refractivity contribution in [2.24, 2.45) is 0 Å². The second-order valence-electron chi connectivity index (χ2n) is 4.46. The first-order valence-corrected chi connectivity index (χ1v) is 5.86. The monoisotopic (exact) mass is 232 g/mol. The third-order valence-electron chi connectivity index (χ3n) is 3.11. The molecule has 0 aliphatic heterocycles. The van der Waals surface area contributed by atoms with Crippen LogP contribution in [0.5, 0.6) is 0 Å². The number of nitriles is 1. The number of aromatic nitrogens is 1. The molecule has 3 aromatic rings. The fourth-order valence-corrected chi connectivity index (χ4v) is 2.09. The molecule has 0 atom stereocenters. The summed E-state index contributed by atoms with van der Waals surface area (Å²) in [6, 6.07) is 18.3. The molecule has 0 aliphatic rings. The van der Waals surface area contributed by atoms with E-state index >= 15 is 0 Å². The zero-order chi connectivity index (χ0) is 12.5. The maximum Gasteiger partial charge on any atom is 0.0991 e. The van der Waals surface area contributed by atoms with Gasteiger partial charge >= 0.3 is 0 Å². The lowest BCUT2D eigenvalue weighted by Crippen LogP contribution is -1.77. The van der Waals surface area contributed by atoms with E-state index in [2.05, 4.69) is 48.3 Å². The van der Waals surface area contributed by atoms with Crippen molar-refractivity contribution in [3.8, 4) is 17.3 Å². The van der Waals surface area contributed by atoms with Crippen LogP contribution in [0.15, 0.2) is 48.5 Å². The lowest BCUT2D eigenvalue weighted by Gasteiger charge is -1.97. The molecule has 2 heteroatoms. The Labute approximate surface area is 106 Å². The third kappa shape index (κ3) is 1.76. The second-order valence-corrected chi connectivity index (χ2v) is 4.46. The van der Waals surface area contributed by atoms with E-state index in [1.165, 1.54) is 5.56 Å². The number of aryl methyl sites for hydroxylation is 1. The van der Waals surface area contributed by atoms with Crippen LogP contribution in [-0.4, -0.2) is 4.98 Å². The molecular weight excluding hydrogens is 220 g/mol. The number of aromatic amines is 1. The van der Waals surface area contributed by atoms with Crippen molar-refractivity contribution in [1.29, 1.82) is 5.26 Å². The molecule has 0 saturated heterocycles. The first-order valence-electron chi connectivity index (χ1n) is 5.86. The minimum Gasteiger partial charge on any atom is -0.355 e. The first-order chi connectivity index (χ1) is 8.76. The van der Waals surface area contributed by atoms with E-state index in [9.17, 15) is 0 Å². The van der Waals surface area contributed by atoms with Gasteiger partial charge in [-0.25, -0.2) is 0 Å². The number of H-pyrrole nitrogens is 1. The Hall–Kier alpha value is -2.53. The molecule has 3 rings (SSSR count). The molecule has 0 radical (unpaired) electrons. The molecule has 1 aromatic heterocycles. The maximum absolute atomic E-state index is 8.89. The van der Waals surface area contributed by atoms with Gasteiger partial charge in [0.25, 0.3) is 0 Å². The van der Waals surface area contributed by atoms with E-state index < -0.39 is 0 Å². The van der Waals surface area contributed by atoms with Crippen LogP contribution in [-0.2, 0) is 0 Å². The van der Waals surface area contributed by atoms with Crippen molar-refractivity contribution in [3.05, 3.63) is 59.7 Å². The molecule has 86 valence electrons. The van der Waals surface area contributed by atoms with Gasteiger partial charge in [-0.1, -0.05) is 29.8 Å². The third-order valence-corrected chi connectivity index (χ3v) is 3.11. The van der Waals surface area contributed by atoms with Gasteiger partial charge < -0.3 is 4.98 Å². The number of nitrogens with zero attached hydrogens (tertiary/aromatic N) is 1. The molecule has 1 heterocycles. The Kier molecular flexibility index (Phi) is 2.39. The van der Waals surface area contributed by atoms with Crippen molar-refractivity contribution < 1.29 is 0 Å². The number of benzene rings is 2. The zero-order valence-corrected chi connectivity index (χ0v) is 10.1. The quantitative estimate of drug-likeness (QED) is 0.676. The zero-order valence-electron chi connectivity index (χ0n) is 10.1. The minimum atomic E-state index is 0.692. The van der Waals surface area contributed by atoms with E-state index in [4.69, 9.17) is 5.26 Å². The first kappa shape index (κ1) is 10.6. The average molecular weight is 232 g/mol. The van der Waals surface area contributed by atoms with Crippen molar-refractivity contribution in [3.63, 3.8) is 0 Å². The topological polar surface area (TPSA) is 39.6 Å². The van der Waals surface area contributed by atoms with Gasteiger partial charge in [-0.05, 0) is 36.8 Å². The molecular formula is C16H12N2. The molecule has 2 aromatic carbocycles. The maximum atomic E-state index is 8.89. The molecule has 0 aliphatic carbocycles. The SMILES string of the molecule is Cc1ccc(-c2cc3cc(C#N)ccc3[nH]2)cc1. The Morgan fingerprint density at radius 2 is 1.78 bits per heavy atom. The highest BCUT2D eigenvalue weighted by Gasteiger charge is 2.03.